The third kappa shape index (κ3) is 5.60. The van der Waals surface area contributed by atoms with Crippen LogP contribution in [0.5, 0.6) is 0 Å². The number of hydrogen-bond acceptors (Lipinski definition) is 2. The summed E-state index contributed by atoms with van der Waals surface area (Å²) in [4.78, 5) is 24.2. The quantitative estimate of drug-likeness (QED) is 0.745. The highest BCUT2D eigenvalue weighted by Gasteiger charge is 2.33. The highest BCUT2D eigenvalue weighted by molar-refractivity contribution is 6.30. The van der Waals surface area contributed by atoms with Gasteiger partial charge in [0, 0.05) is 18.0 Å². The minimum Gasteiger partial charge on any atom is -0.350 e. The van der Waals surface area contributed by atoms with Crippen molar-refractivity contribution in [1.82, 2.24) is 10.6 Å². The van der Waals surface area contributed by atoms with Gasteiger partial charge in [-0.3, -0.25) is 9.59 Å². The van der Waals surface area contributed by atoms with Crippen molar-refractivity contribution < 1.29 is 9.59 Å². The normalized spacial score (nSPS) is 14.5. The number of carbonyl (C=O) groups excluding carboxylic acids is 2. The van der Waals surface area contributed by atoms with E-state index in [1.165, 1.54) is 18.4 Å². The zero-order valence-electron chi connectivity index (χ0n) is 14.6. The Balaban J connectivity index is 1.42. The summed E-state index contributed by atoms with van der Waals surface area (Å²) in [5, 5.41) is 6.20. The zero-order valence-corrected chi connectivity index (χ0v) is 15.3. The van der Waals surface area contributed by atoms with Gasteiger partial charge in [-0.15, -0.1) is 0 Å². The zero-order chi connectivity index (χ0) is 18.4. The molecule has 1 aliphatic carbocycles. The lowest BCUT2D eigenvalue weighted by molar-refractivity contribution is -0.126. The monoisotopic (exact) mass is 370 g/mol. The third-order valence-corrected chi connectivity index (χ3v) is 4.93. The molecule has 1 aliphatic rings. The van der Waals surface area contributed by atoms with Crippen LogP contribution in [0.1, 0.15) is 36.3 Å². The van der Waals surface area contributed by atoms with Crippen molar-refractivity contribution >= 4 is 23.4 Å². The highest BCUT2D eigenvalue weighted by Crippen LogP contribution is 2.44. The van der Waals surface area contributed by atoms with Crippen LogP contribution in [0.25, 0.3) is 0 Å². The molecule has 2 amide bonds. The van der Waals surface area contributed by atoms with E-state index in [1.807, 2.05) is 30.3 Å². The Morgan fingerprint density at radius 1 is 0.962 bits per heavy atom. The first-order chi connectivity index (χ1) is 12.6. The Bertz CT molecular complexity index is 742. The van der Waals surface area contributed by atoms with Gasteiger partial charge in [0.15, 0.2) is 0 Å². The Kier molecular flexibility index (Phi) is 6.29. The smallest absolute Gasteiger partial charge is 0.239 e. The molecular weight excluding hydrogens is 348 g/mol. The molecule has 5 heteroatoms. The maximum atomic E-state index is 12.3. The van der Waals surface area contributed by atoms with Gasteiger partial charge < -0.3 is 10.6 Å². The lowest BCUT2D eigenvalue weighted by Crippen LogP contribution is -2.37. The molecule has 0 aromatic heterocycles. The summed E-state index contributed by atoms with van der Waals surface area (Å²) < 4.78 is 0. The van der Waals surface area contributed by atoms with Crippen molar-refractivity contribution in [1.29, 1.82) is 0 Å². The van der Waals surface area contributed by atoms with Crippen LogP contribution in [0.15, 0.2) is 54.6 Å². The van der Waals surface area contributed by atoms with Gasteiger partial charge in [-0.1, -0.05) is 54.1 Å². The van der Waals surface area contributed by atoms with Gasteiger partial charge in [0.2, 0.25) is 11.8 Å². The van der Waals surface area contributed by atoms with E-state index in [0.29, 0.717) is 23.9 Å². The van der Waals surface area contributed by atoms with E-state index in [0.717, 1.165) is 5.56 Å². The van der Waals surface area contributed by atoms with Crippen LogP contribution in [-0.4, -0.2) is 18.4 Å². The van der Waals surface area contributed by atoms with Crippen LogP contribution in [0, 0.1) is 5.92 Å². The van der Waals surface area contributed by atoms with Crippen LogP contribution in [0.2, 0.25) is 5.02 Å². The summed E-state index contributed by atoms with van der Waals surface area (Å²) in [6, 6.07) is 17.4. The highest BCUT2D eigenvalue weighted by atomic mass is 35.5. The summed E-state index contributed by atoms with van der Waals surface area (Å²) in [7, 11) is 0. The Labute approximate surface area is 158 Å². The van der Waals surface area contributed by atoms with Gasteiger partial charge in [0.05, 0.1) is 6.54 Å². The standard InChI is InChI=1S/C21H23ClN2O2/c22-18-10-6-15(7-11-18)13-23-21(26)14-24-20(25)12-19(17-8-9-17)16-4-2-1-3-5-16/h1-7,10-11,17,19H,8-9,12-14H2,(H,23,26)(H,24,25). The van der Waals surface area contributed by atoms with E-state index in [1.54, 1.807) is 12.1 Å². The number of carbonyl (C=O) groups is 2. The summed E-state index contributed by atoms with van der Waals surface area (Å²) >= 11 is 5.84. The van der Waals surface area contributed by atoms with Gasteiger partial charge >= 0.3 is 0 Å². The molecule has 1 unspecified atom stereocenters. The second-order valence-corrected chi connectivity index (χ2v) is 7.18. The Morgan fingerprint density at radius 2 is 1.65 bits per heavy atom. The molecule has 0 heterocycles. The van der Waals surface area contributed by atoms with Crippen molar-refractivity contribution in [3.05, 3.63) is 70.7 Å². The number of halogens is 1. The predicted octanol–water partition coefficient (Wildman–Crippen LogP) is 3.66. The second kappa shape index (κ2) is 8.86. The van der Waals surface area contributed by atoms with Crippen LogP contribution < -0.4 is 10.6 Å². The lowest BCUT2D eigenvalue weighted by atomic mass is 9.91. The minimum atomic E-state index is -0.198. The van der Waals surface area contributed by atoms with E-state index in [-0.39, 0.29) is 24.3 Å². The number of nitrogens with one attached hydrogen (secondary N) is 2. The third-order valence-electron chi connectivity index (χ3n) is 4.67. The minimum absolute atomic E-state index is 0.00139. The largest absolute Gasteiger partial charge is 0.350 e. The van der Waals surface area contributed by atoms with E-state index in [4.69, 9.17) is 11.6 Å². The average molecular weight is 371 g/mol. The van der Waals surface area contributed by atoms with Gasteiger partial charge in [-0.25, -0.2) is 0 Å². The van der Waals surface area contributed by atoms with Crippen molar-refractivity contribution in [2.24, 2.45) is 5.92 Å². The van der Waals surface area contributed by atoms with Gasteiger partial charge in [0.25, 0.3) is 0 Å². The number of benzene rings is 2. The molecule has 1 fully saturated rings. The van der Waals surface area contributed by atoms with Gasteiger partial charge in [-0.05, 0) is 47.9 Å². The first-order valence-electron chi connectivity index (χ1n) is 8.94. The lowest BCUT2D eigenvalue weighted by Gasteiger charge is -2.16. The summed E-state index contributed by atoms with van der Waals surface area (Å²) in [5.41, 5.74) is 2.17. The Morgan fingerprint density at radius 3 is 2.31 bits per heavy atom. The number of amides is 2. The molecule has 0 spiro atoms. The van der Waals surface area contributed by atoms with Crippen molar-refractivity contribution in [2.75, 3.05) is 6.54 Å². The number of hydrogen-bond donors (Lipinski definition) is 2. The van der Waals surface area contributed by atoms with Crippen LogP contribution in [0.3, 0.4) is 0 Å². The molecule has 3 rings (SSSR count). The molecule has 0 aliphatic heterocycles. The van der Waals surface area contributed by atoms with E-state index >= 15 is 0 Å². The van der Waals surface area contributed by atoms with E-state index in [9.17, 15) is 9.59 Å². The predicted molar refractivity (Wildman–Crippen MR) is 103 cm³/mol. The molecule has 2 aromatic carbocycles. The number of rotatable bonds is 8. The summed E-state index contributed by atoms with van der Waals surface area (Å²) in [5.74, 6) is 0.554. The first kappa shape index (κ1) is 18.5. The topological polar surface area (TPSA) is 58.2 Å². The van der Waals surface area contributed by atoms with Gasteiger partial charge in [-0.2, -0.15) is 0 Å². The van der Waals surface area contributed by atoms with Crippen molar-refractivity contribution in [3.63, 3.8) is 0 Å². The Hall–Kier alpha value is -2.33. The molecule has 1 saturated carbocycles. The van der Waals surface area contributed by atoms with E-state index < -0.39 is 0 Å². The summed E-state index contributed by atoms with van der Waals surface area (Å²) in [6.07, 6.45) is 2.78. The molecule has 2 N–H and O–H groups in total. The van der Waals surface area contributed by atoms with Crippen LogP contribution in [0.4, 0.5) is 0 Å². The second-order valence-electron chi connectivity index (χ2n) is 6.74. The maximum absolute atomic E-state index is 12.3. The van der Waals surface area contributed by atoms with Gasteiger partial charge in [0.1, 0.15) is 0 Å². The molecule has 0 saturated heterocycles. The fraction of sp³-hybridized carbons (Fsp3) is 0.333. The van der Waals surface area contributed by atoms with E-state index in [2.05, 4.69) is 22.8 Å². The fourth-order valence-corrected chi connectivity index (χ4v) is 3.20. The molecule has 0 bridgehead atoms. The van der Waals surface area contributed by atoms with Crippen molar-refractivity contribution in [2.45, 2.75) is 31.7 Å². The molecule has 2 aromatic rings. The van der Waals surface area contributed by atoms with Crippen LogP contribution in [-0.2, 0) is 16.1 Å². The fourth-order valence-electron chi connectivity index (χ4n) is 3.07. The first-order valence-corrected chi connectivity index (χ1v) is 9.32. The van der Waals surface area contributed by atoms with Crippen LogP contribution >= 0.6 is 11.6 Å². The maximum Gasteiger partial charge on any atom is 0.239 e. The SMILES string of the molecule is O=C(CNC(=O)CC(c1ccccc1)C1CC1)NCc1ccc(Cl)cc1. The summed E-state index contributed by atoms with van der Waals surface area (Å²) in [6.45, 7) is 0.416. The molecular formula is C21H23ClN2O2. The molecule has 0 radical (unpaired) electrons. The average Bonchev–Trinajstić information content (AvgIpc) is 3.50. The molecule has 4 nitrogen and oxygen atoms in total. The molecule has 136 valence electrons. The molecule has 26 heavy (non-hydrogen) atoms. The molecule has 1 atom stereocenters. The van der Waals surface area contributed by atoms with Crippen molar-refractivity contribution in [3.8, 4) is 0 Å².